The summed E-state index contributed by atoms with van der Waals surface area (Å²) in [5.74, 6) is 1.13. The highest BCUT2D eigenvalue weighted by Crippen LogP contribution is 2.33. The van der Waals surface area contributed by atoms with Crippen LogP contribution in [0.25, 0.3) is 22.4 Å². The Labute approximate surface area is 158 Å². The van der Waals surface area contributed by atoms with Gasteiger partial charge in [-0.25, -0.2) is 0 Å². The van der Waals surface area contributed by atoms with Crippen molar-refractivity contribution in [1.82, 2.24) is 25.3 Å². The molecular formula is C20H24N6O. The van der Waals surface area contributed by atoms with E-state index < -0.39 is 0 Å². The maximum absolute atomic E-state index is 10.1. The molecule has 0 amide bonds. The molecule has 7 heteroatoms. The van der Waals surface area contributed by atoms with Crippen molar-refractivity contribution in [3.8, 4) is 28.1 Å². The fourth-order valence-corrected chi connectivity index (χ4v) is 3.70. The zero-order valence-corrected chi connectivity index (χ0v) is 15.3. The number of nitrogens with zero attached hydrogens (tertiary/aromatic N) is 4. The van der Waals surface area contributed by atoms with E-state index in [1.54, 1.807) is 12.1 Å². The van der Waals surface area contributed by atoms with Crippen LogP contribution in [0.15, 0.2) is 42.7 Å². The van der Waals surface area contributed by atoms with Crippen LogP contribution >= 0.6 is 0 Å². The molecule has 4 N–H and O–H groups in total. The standard InChI is InChI=1S/C20H24N6O/c1-13(14-6-8-22-9-7-14)26-12-15(11-23-26)17-10-18(24-25-20(17)21)16-4-2-3-5-19(16)27/h2-5,10-14,22,27H,6-9H2,1H3,(H2,21,25)/t13-/m0/s1. The first-order valence-electron chi connectivity index (χ1n) is 9.30. The number of para-hydroxylation sites is 1. The smallest absolute Gasteiger partial charge is 0.154 e. The van der Waals surface area contributed by atoms with Gasteiger partial charge in [0.1, 0.15) is 5.75 Å². The molecule has 1 aromatic carbocycles. The van der Waals surface area contributed by atoms with E-state index in [0.29, 0.717) is 29.0 Å². The second-order valence-electron chi connectivity index (χ2n) is 7.08. The molecule has 140 valence electrons. The molecule has 1 fully saturated rings. The third-order valence-electron chi connectivity index (χ3n) is 5.40. The van der Waals surface area contributed by atoms with Gasteiger partial charge < -0.3 is 16.2 Å². The van der Waals surface area contributed by atoms with Crippen LogP contribution in [0.2, 0.25) is 0 Å². The van der Waals surface area contributed by atoms with Crippen LogP contribution in [0.5, 0.6) is 5.75 Å². The maximum atomic E-state index is 10.1. The lowest BCUT2D eigenvalue weighted by Gasteiger charge is -2.28. The zero-order chi connectivity index (χ0) is 18.8. The van der Waals surface area contributed by atoms with Crippen molar-refractivity contribution >= 4 is 5.82 Å². The average molecular weight is 364 g/mol. The molecule has 0 saturated carbocycles. The minimum Gasteiger partial charge on any atom is -0.507 e. The summed E-state index contributed by atoms with van der Waals surface area (Å²) < 4.78 is 2.02. The fraction of sp³-hybridized carbons (Fsp3) is 0.350. The molecule has 3 aromatic rings. The van der Waals surface area contributed by atoms with E-state index in [1.807, 2.05) is 35.3 Å². The quantitative estimate of drug-likeness (QED) is 0.658. The number of hydrogen-bond donors (Lipinski definition) is 3. The lowest BCUT2D eigenvalue weighted by atomic mass is 9.91. The van der Waals surface area contributed by atoms with E-state index in [0.717, 1.165) is 37.1 Å². The summed E-state index contributed by atoms with van der Waals surface area (Å²) in [6.45, 7) is 4.34. The normalized spacial score (nSPS) is 16.3. The number of rotatable bonds is 4. The van der Waals surface area contributed by atoms with E-state index in [9.17, 15) is 5.11 Å². The average Bonchev–Trinajstić information content (AvgIpc) is 3.19. The number of hydrogen-bond acceptors (Lipinski definition) is 6. The highest BCUT2D eigenvalue weighted by Gasteiger charge is 2.22. The van der Waals surface area contributed by atoms with Gasteiger partial charge in [-0.2, -0.15) is 5.10 Å². The molecule has 1 aliphatic heterocycles. The number of aromatic hydroxyl groups is 1. The number of nitrogens with two attached hydrogens (primary N) is 1. The largest absolute Gasteiger partial charge is 0.507 e. The van der Waals surface area contributed by atoms with Crippen LogP contribution in [0.4, 0.5) is 5.82 Å². The van der Waals surface area contributed by atoms with Gasteiger partial charge in [0.05, 0.1) is 17.9 Å². The van der Waals surface area contributed by atoms with Gasteiger partial charge in [0.2, 0.25) is 0 Å². The minimum absolute atomic E-state index is 0.165. The third kappa shape index (κ3) is 3.50. The molecule has 1 atom stereocenters. The van der Waals surface area contributed by atoms with Crippen molar-refractivity contribution in [3.05, 3.63) is 42.7 Å². The first-order chi connectivity index (χ1) is 13.1. The Morgan fingerprint density at radius 3 is 2.74 bits per heavy atom. The van der Waals surface area contributed by atoms with E-state index >= 15 is 0 Å². The monoisotopic (exact) mass is 364 g/mol. The Morgan fingerprint density at radius 1 is 1.19 bits per heavy atom. The van der Waals surface area contributed by atoms with Crippen molar-refractivity contribution in [2.45, 2.75) is 25.8 Å². The topological polar surface area (TPSA) is 102 Å². The number of anilines is 1. The molecule has 7 nitrogen and oxygen atoms in total. The van der Waals surface area contributed by atoms with E-state index in [1.165, 1.54) is 0 Å². The van der Waals surface area contributed by atoms with Crippen molar-refractivity contribution < 1.29 is 5.11 Å². The summed E-state index contributed by atoms with van der Waals surface area (Å²) in [6, 6.07) is 9.25. The predicted molar refractivity (Wildman–Crippen MR) is 105 cm³/mol. The van der Waals surface area contributed by atoms with Gasteiger partial charge in [-0.3, -0.25) is 4.68 Å². The van der Waals surface area contributed by atoms with Crippen molar-refractivity contribution in [1.29, 1.82) is 0 Å². The van der Waals surface area contributed by atoms with Gasteiger partial charge in [-0.05, 0) is 57.0 Å². The molecule has 2 aromatic heterocycles. The molecule has 0 radical (unpaired) electrons. The Morgan fingerprint density at radius 2 is 1.96 bits per heavy atom. The SMILES string of the molecule is C[C@@H](C1CCNCC1)n1cc(-c2cc(-c3ccccc3O)nnc2N)cn1. The molecule has 0 bridgehead atoms. The Kier molecular flexibility index (Phi) is 4.77. The van der Waals surface area contributed by atoms with Crippen molar-refractivity contribution in [3.63, 3.8) is 0 Å². The third-order valence-corrected chi connectivity index (χ3v) is 5.40. The lowest BCUT2D eigenvalue weighted by Crippen LogP contribution is -2.31. The second kappa shape index (κ2) is 7.36. The number of aromatic nitrogens is 4. The number of piperidine rings is 1. The summed E-state index contributed by atoms with van der Waals surface area (Å²) in [7, 11) is 0. The van der Waals surface area contributed by atoms with Gasteiger partial charge in [-0.1, -0.05) is 12.1 Å². The Hall–Kier alpha value is -2.93. The highest BCUT2D eigenvalue weighted by molar-refractivity contribution is 5.78. The van der Waals surface area contributed by atoms with E-state index in [2.05, 4.69) is 27.5 Å². The zero-order valence-electron chi connectivity index (χ0n) is 15.3. The Bertz CT molecular complexity index is 932. The molecule has 27 heavy (non-hydrogen) atoms. The molecule has 0 spiro atoms. The summed E-state index contributed by atoms with van der Waals surface area (Å²) >= 11 is 0. The lowest BCUT2D eigenvalue weighted by molar-refractivity contribution is 0.261. The van der Waals surface area contributed by atoms with Crippen LogP contribution in [0.3, 0.4) is 0 Å². The maximum Gasteiger partial charge on any atom is 0.154 e. The highest BCUT2D eigenvalue weighted by atomic mass is 16.3. The molecule has 1 saturated heterocycles. The summed E-state index contributed by atoms with van der Waals surface area (Å²) in [5, 5.41) is 26.3. The van der Waals surface area contributed by atoms with E-state index in [4.69, 9.17) is 5.73 Å². The molecular weight excluding hydrogens is 340 g/mol. The van der Waals surface area contributed by atoms with Crippen molar-refractivity contribution in [2.75, 3.05) is 18.8 Å². The predicted octanol–water partition coefficient (Wildman–Crippen LogP) is 2.86. The number of nitrogens with one attached hydrogen (secondary N) is 1. The second-order valence-corrected chi connectivity index (χ2v) is 7.08. The molecule has 4 rings (SSSR count). The van der Waals surface area contributed by atoms with Gasteiger partial charge in [0, 0.05) is 22.9 Å². The van der Waals surface area contributed by atoms with Gasteiger partial charge in [0.25, 0.3) is 0 Å². The van der Waals surface area contributed by atoms with Crippen LogP contribution < -0.4 is 11.1 Å². The molecule has 1 aliphatic rings. The van der Waals surface area contributed by atoms with Crippen LogP contribution in [-0.4, -0.2) is 38.2 Å². The summed E-state index contributed by atoms with van der Waals surface area (Å²) in [6.07, 6.45) is 6.16. The Balaban J connectivity index is 1.65. The van der Waals surface area contributed by atoms with Crippen molar-refractivity contribution in [2.24, 2.45) is 5.92 Å². The van der Waals surface area contributed by atoms with Gasteiger partial charge in [-0.15, -0.1) is 10.2 Å². The van der Waals surface area contributed by atoms with Crippen LogP contribution in [-0.2, 0) is 0 Å². The summed E-state index contributed by atoms with van der Waals surface area (Å²) in [5.41, 5.74) is 8.96. The first kappa shape index (κ1) is 17.5. The number of phenolic OH excluding ortho intramolecular Hbond substituents is 1. The molecule has 0 unspecified atom stereocenters. The van der Waals surface area contributed by atoms with Gasteiger partial charge >= 0.3 is 0 Å². The number of phenols is 1. The molecule has 0 aliphatic carbocycles. The fourth-order valence-electron chi connectivity index (χ4n) is 3.70. The van der Waals surface area contributed by atoms with Crippen LogP contribution in [0, 0.1) is 5.92 Å². The first-order valence-corrected chi connectivity index (χ1v) is 9.30. The minimum atomic E-state index is 0.165. The van der Waals surface area contributed by atoms with Gasteiger partial charge in [0.15, 0.2) is 5.82 Å². The number of benzene rings is 1. The number of nitrogen functional groups attached to an aromatic ring is 1. The summed E-state index contributed by atoms with van der Waals surface area (Å²) in [4.78, 5) is 0. The molecule has 3 heterocycles. The van der Waals surface area contributed by atoms with E-state index in [-0.39, 0.29) is 5.75 Å². The van der Waals surface area contributed by atoms with Crippen LogP contribution in [0.1, 0.15) is 25.8 Å².